The van der Waals surface area contributed by atoms with E-state index in [1.54, 1.807) is 18.6 Å². The zero-order valence-electron chi connectivity index (χ0n) is 14.1. The molecule has 1 unspecified atom stereocenters. The number of fused-ring (bicyclic) bond motifs is 2. The molecule has 5 rings (SSSR count). The summed E-state index contributed by atoms with van der Waals surface area (Å²) in [4.78, 5) is 8.61. The van der Waals surface area contributed by atoms with Crippen molar-refractivity contribution in [1.29, 1.82) is 0 Å². The first kappa shape index (κ1) is 15.1. The third-order valence-electron chi connectivity index (χ3n) is 4.93. The van der Waals surface area contributed by atoms with Gasteiger partial charge in [-0.15, -0.1) is 0 Å². The summed E-state index contributed by atoms with van der Waals surface area (Å²) in [5, 5.41) is 4.52. The van der Waals surface area contributed by atoms with Crippen LogP contribution in [0.1, 0.15) is 23.6 Å². The number of rotatable bonds is 3. The van der Waals surface area contributed by atoms with Gasteiger partial charge in [0.2, 0.25) is 0 Å². The van der Waals surface area contributed by atoms with E-state index in [-0.39, 0.29) is 6.04 Å². The van der Waals surface area contributed by atoms with Crippen molar-refractivity contribution in [3.8, 4) is 11.5 Å². The monoisotopic (exact) mass is 342 g/mol. The van der Waals surface area contributed by atoms with Crippen molar-refractivity contribution in [3.63, 3.8) is 0 Å². The second kappa shape index (κ2) is 5.97. The molecule has 128 valence electrons. The first-order valence-corrected chi connectivity index (χ1v) is 8.73. The fraction of sp³-hybridized carbons (Fsp3) is 0.143. The summed E-state index contributed by atoms with van der Waals surface area (Å²) < 4.78 is 6.06. The van der Waals surface area contributed by atoms with E-state index in [0.717, 1.165) is 40.9 Å². The highest BCUT2D eigenvalue weighted by atomic mass is 16.3. The summed E-state index contributed by atoms with van der Waals surface area (Å²) >= 11 is 0. The maximum absolute atomic E-state index is 6.16. The van der Waals surface area contributed by atoms with Crippen molar-refractivity contribution < 1.29 is 4.42 Å². The van der Waals surface area contributed by atoms with Crippen molar-refractivity contribution in [3.05, 3.63) is 72.2 Å². The molecular weight excluding hydrogens is 324 g/mol. The number of nitrogens with zero attached hydrogens (tertiary/aromatic N) is 2. The largest absolute Gasteiger partial charge is 0.451 e. The molecule has 4 aromatic rings. The van der Waals surface area contributed by atoms with Crippen LogP contribution in [0.25, 0.3) is 22.4 Å². The summed E-state index contributed by atoms with van der Waals surface area (Å²) in [5.41, 5.74) is 12.2. The van der Waals surface area contributed by atoms with E-state index in [2.05, 4.69) is 33.5 Å². The Bertz CT molecular complexity index is 1090. The van der Waals surface area contributed by atoms with E-state index in [1.807, 2.05) is 24.3 Å². The molecule has 3 heterocycles. The summed E-state index contributed by atoms with van der Waals surface area (Å²) in [7, 11) is 0. The predicted octanol–water partition coefficient (Wildman–Crippen LogP) is 4.58. The van der Waals surface area contributed by atoms with Gasteiger partial charge in [-0.2, -0.15) is 0 Å². The Morgan fingerprint density at radius 2 is 2.08 bits per heavy atom. The number of anilines is 2. The van der Waals surface area contributed by atoms with Crippen LogP contribution in [0.4, 0.5) is 11.4 Å². The van der Waals surface area contributed by atoms with Gasteiger partial charge in [0.15, 0.2) is 11.3 Å². The molecule has 1 aromatic carbocycles. The molecule has 0 saturated heterocycles. The molecule has 3 N–H and O–H groups in total. The molecule has 0 radical (unpaired) electrons. The molecule has 1 aliphatic rings. The number of pyridine rings is 2. The molecule has 3 aromatic heterocycles. The van der Waals surface area contributed by atoms with Gasteiger partial charge in [0, 0.05) is 29.5 Å². The summed E-state index contributed by atoms with van der Waals surface area (Å²) in [6.07, 6.45) is 7.30. The Kier molecular flexibility index (Phi) is 3.47. The van der Waals surface area contributed by atoms with Crippen LogP contribution in [0.15, 0.2) is 65.5 Å². The van der Waals surface area contributed by atoms with Crippen LogP contribution in [-0.4, -0.2) is 9.97 Å². The van der Waals surface area contributed by atoms with Gasteiger partial charge in [0.05, 0.1) is 11.9 Å². The Morgan fingerprint density at radius 1 is 1.12 bits per heavy atom. The molecule has 0 amide bonds. The van der Waals surface area contributed by atoms with Crippen LogP contribution in [0.3, 0.4) is 0 Å². The minimum atomic E-state index is 0.156. The second-order valence-corrected chi connectivity index (χ2v) is 6.58. The highest BCUT2D eigenvalue weighted by Crippen LogP contribution is 2.39. The lowest BCUT2D eigenvalue weighted by atomic mass is 10.1. The van der Waals surface area contributed by atoms with Crippen LogP contribution >= 0.6 is 0 Å². The van der Waals surface area contributed by atoms with Crippen LogP contribution in [-0.2, 0) is 6.42 Å². The molecule has 26 heavy (non-hydrogen) atoms. The minimum absolute atomic E-state index is 0.156. The first-order valence-electron chi connectivity index (χ1n) is 8.73. The summed E-state index contributed by atoms with van der Waals surface area (Å²) in [6.45, 7) is 0. The standard InChI is InChI=1S/C21H18N4O/c22-17-7-4-13-11-14(5-6-15(13)17)25-20-16-8-10-23-12-19(16)26-21(20)18-3-1-2-9-24-18/h1-3,5-6,8-12,17,25H,4,7,22H2. The third-order valence-corrected chi connectivity index (χ3v) is 4.93. The highest BCUT2D eigenvalue weighted by Gasteiger charge is 2.21. The normalized spacial score (nSPS) is 16.0. The fourth-order valence-electron chi connectivity index (χ4n) is 3.63. The van der Waals surface area contributed by atoms with Crippen LogP contribution in [0, 0.1) is 0 Å². The number of furan rings is 1. The zero-order valence-corrected chi connectivity index (χ0v) is 14.1. The second-order valence-electron chi connectivity index (χ2n) is 6.58. The van der Waals surface area contributed by atoms with Crippen molar-refractivity contribution in [1.82, 2.24) is 9.97 Å². The zero-order chi connectivity index (χ0) is 17.5. The van der Waals surface area contributed by atoms with Gasteiger partial charge in [-0.3, -0.25) is 9.97 Å². The Balaban J connectivity index is 1.62. The maximum Gasteiger partial charge on any atom is 0.177 e. The lowest BCUT2D eigenvalue weighted by Gasteiger charge is -2.10. The number of nitrogens with one attached hydrogen (secondary N) is 1. The number of hydrogen-bond acceptors (Lipinski definition) is 5. The van der Waals surface area contributed by atoms with Crippen molar-refractivity contribution >= 4 is 22.3 Å². The van der Waals surface area contributed by atoms with E-state index in [4.69, 9.17) is 10.2 Å². The van der Waals surface area contributed by atoms with Gasteiger partial charge in [0.25, 0.3) is 0 Å². The summed E-state index contributed by atoms with van der Waals surface area (Å²) in [5.74, 6) is 0.714. The molecule has 0 spiro atoms. The smallest absolute Gasteiger partial charge is 0.177 e. The molecule has 5 nitrogen and oxygen atoms in total. The van der Waals surface area contributed by atoms with E-state index in [9.17, 15) is 0 Å². The molecule has 5 heteroatoms. The lowest BCUT2D eigenvalue weighted by Crippen LogP contribution is -2.05. The topological polar surface area (TPSA) is 77.0 Å². The summed E-state index contributed by atoms with van der Waals surface area (Å²) in [6, 6.07) is 14.3. The van der Waals surface area contributed by atoms with E-state index < -0.39 is 0 Å². The lowest BCUT2D eigenvalue weighted by molar-refractivity contribution is 0.628. The number of benzene rings is 1. The molecule has 1 aliphatic carbocycles. The van der Waals surface area contributed by atoms with Gasteiger partial charge in [-0.25, -0.2) is 0 Å². The van der Waals surface area contributed by atoms with Crippen LogP contribution in [0.5, 0.6) is 0 Å². The molecular formula is C21H18N4O. The average Bonchev–Trinajstić information content (AvgIpc) is 3.24. The predicted molar refractivity (Wildman–Crippen MR) is 102 cm³/mol. The number of hydrogen-bond donors (Lipinski definition) is 2. The van der Waals surface area contributed by atoms with Gasteiger partial charge in [-0.1, -0.05) is 12.1 Å². The van der Waals surface area contributed by atoms with Crippen LogP contribution < -0.4 is 11.1 Å². The third kappa shape index (κ3) is 2.45. The molecule has 1 atom stereocenters. The fourth-order valence-corrected chi connectivity index (χ4v) is 3.63. The highest BCUT2D eigenvalue weighted by molar-refractivity contribution is 5.99. The number of aryl methyl sites for hydroxylation is 1. The van der Waals surface area contributed by atoms with Gasteiger partial charge in [0.1, 0.15) is 5.69 Å². The Morgan fingerprint density at radius 3 is 2.96 bits per heavy atom. The Hall–Kier alpha value is -3.18. The van der Waals surface area contributed by atoms with E-state index in [0.29, 0.717) is 5.76 Å². The quantitative estimate of drug-likeness (QED) is 0.570. The van der Waals surface area contributed by atoms with Crippen molar-refractivity contribution in [2.75, 3.05) is 5.32 Å². The molecule has 0 aliphatic heterocycles. The molecule has 0 saturated carbocycles. The van der Waals surface area contributed by atoms with E-state index in [1.165, 1.54) is 11.1 Å². The SMILES string of the molecule is NC1CCc2cc(Nc3c(-c4ccccn4)oc4cnccc34)ccc21. The number of aromatic nitrogens is 2. The molecule has 0 bridgehead atoms. The van der Waals surface area contributed by atoms with Crippen LogP contribution in [0.2, 0.25) is 0 Å². The number of nitrogens with two attached hydrogens (primary N) is 1. The maximum atomic E-state index is 6.16. The van der Waals surface area contributed by atoms with Gasteiger partial charge < -0.3 is 15.5 Å². The van der Waals surface area contributed by atoms with Crippen molar-refractivity contribution in [2.24, 2.45) is 5.73 Å². The van der Waals surface area contributed by atoms with Gasteiger partial charge >= 0.3 is 0 Å². The minimum Gasteiger partial charge on any atom is -0.451 e. The average molecular weight is 342 g/mol. The molecule has 0 fully saturated rings. The van der Waals surface area contributed by atoms with E-state index >= 15 is 0 Å². The van der Waals surface area contributed by atoms with Crippen molar-refractivity contribution in [2.45, 2.75) is 18.9 Å². The first-order chi connectivity index (χ1) is 12.8. The van der Waals surface area contributed by atoms with Gasteiger partial charge in [-0.05, 0) is 54.3 Å². The Labute approximate surface area is 150 Å².